The molecule has 0 aliphatic rings. The van der Waals surface area contributed by atoms with E-state index in [9.17, 15) is 0 Å². The lowest BCUT2D eigenvalue weighted by Gasteiger charge is -2.10. The van der Waals surface area contributed by atoms with E-state index in [0.717, 1.165) is 10.3 Å². The number of aromatic nitrogens is 1. The second-order valence-electron chi connectivity index (χ2n) is 3.31. The van der Waals surface area contributed by atoms with E-state index in [1.807, 2.05) is 32.0 Å². The average Bonchev–Trinajstić information content (AvgIpc) is 2.04. The largest absolute Gasteiger partial charge is 0.285 e. The van der Waals surface area contributed by atoms with Crippen molar-refractivity contribution in [3.05, 3.63) is 33.3 Å². The van der Waals surface area contributed by atoms with E-state index in [4.69, 9.17) is 0 Å². The molecule has 1 heterocycles. The number of nitrogens with zero attached hydrogens (tertiary/aromatic N) is 2. The van der Waals surface area contributed by atoms with Crippen LogP contribution >= 0.6 is 15.9 Å². The van der Waals surface area contributed by atoms with Crippen LogP contribution in [0, 0.1) is 6.07 Å². The van der Waals surface area contributed by atoms with E-state index < -0.39 is 0 Å². The third-order valence-corrected chi connectivity index (χ3v) is 2.19. The van der Waals surface area contributed by atoms with Crippen molar-refractivity contribution in [3.63, 3.8) is 0 Å². The third-order valence-electron chi connectivity index (χ3n) is 1.75. The first kappa shape index (κ1) is 10.2. The molecule has 0 aliphatic heterocycles. The molecule has 1 rings (SSSR count). The maximum atomic E-state index is 4.36. The predicted molar refractivity (Wildman–Crippen MR) is 58.1 cm³/mol. The summed E-state index contributed by atoms with van der Waals surface area (Å²) in [4.78, 5) is 8.27. The van der Waals surface area contributed by atoms with Crippen molar-refractivity contribution in [1.82, 2.24) is 4.98 Å². The second kappa shape index (κ2) is 3.89. The average molecular weight is 240 g/mol. The molecule has 1 aromatic rings. The number of pyridine rings is 1. The Balaban J connectivity index is 3.12. The summed E-state index contributed by atoms with van der Waals surface area (Å²) in [6.07, 6.45) is 0. The molecule has 0 aliphatic carbocycles. The maximum absolute atomic E-state index is 4.36. The molecule has 0 saturated heterocycles. The van der Waals surface area contributed by atoms with Gasteiger partial charge < -0.3 is 0 Å². The van der Waals surface area contributed by atoms with Gasteiger partial charge in [-0.05, 0) is 41.9 Å². The van der Waals surface area contributed by atoms with Gasteiger partial charge >= 0.3 is 0 Å². The zero-order chi connectivity index (χ0) is 9.90. The molecule has 0 saturated carbocycles. The smallest absolute Gasteiger partial charge is 0.244 e. The molecular formula is C10H12BrN2+. The molecular weight excluding hydrogens is 228 g/mol. The summed E-state index contributed by atoms with van der Waals surface area (Å²) in [6, 6.07) is 8.85. The van der Waals surface area contributed by atoms with Crippen molar-refractivity contribution in [2.45, 2.75) is 19.3 Å². The molecule has 0 spiro atoms. The molecule has 0 fully saturated rings. The van der Waals surface area contributed by atoms with Crippen LogP contribution in [0.15, 0.2) is 22.8 Å². The van der Waals surface area contributed by atoms with E-state index in [1.54, 1.807) is 7.05 Å². The highest BCUT2D eigenvalue weighted by Crippen LogP contribution is 2.21. The van der Waals surface area contributed by atoms with Crippen LogP contribution in [0.3, 0.4) is 0 Å². The summed E-state index contributed by atoms with van der Waals surface area (Å²) in [6.45, 7) is 4.07. The Morgan fingerprint density at radius 1 is 1.46 bits per heavy atom. The van der Waals surface area contributed by atoms with E-state index in [2.05, 4.69) is 31.8 Å². The molecule has 0 unspecified atom stereocenters. The Labute approximate surface area is 86.9 Å². The van der Waals surface area contributed by atoms with Gasteiger partial charge in [-0.2, -0.15) is 0 Å². The van der Waals surface area contributed by atoms with Crippen LogP contribution in [0.4, 0.5) is 0 Å². The fraction of sp³-hybridized carbons (Fsp3) is 0.400. The highest BCUT2D eigenvalue weighted by molar-refractivity contribution is 9.10. The highest BCUT2D eigenvalue weighted by atomic mass is 79.9. The van der Waals surface area contributed by atoms with Crippen LogP contribution < -0.4 is 0 Å². The topological polar surface area (TPSA) is 17.2 Å². The first-order valence-corrected chi connectivity index (χ1v) is 4.84. The predicted octanol–water partition coefficient (Wildman–Crippen LogP) is 3.08. The molecule has 0 radical (unpaired) electrons. The van der Waals surface area contributed by atoms with Crippen molar-refractivity contribution in [3.8, 4) is 6.07 Å². The highest BCUT2D eigenvalue weighted by Gasteiger charge is 2.25. The number of rotatable bonds is 1. The summed E-state index contributed by atoms with van der Waals surface area (Å²) in [7, 11) is 1.72. The molecule has 0 atom stereocenters. The lowest BCUT2D eigenvalue weighted by Crippen LogP contribution is -2.15. The molecule has 2 nitrogen and oxygen atoms in total. The van der Waals surface area contributed by atoms with E-state index >= 15 is 0 Å². The lowest BCUT2D eigenvalue weighted by atomic mass is 9.91. The minimum atomic E-state index is -0.224. The molecule has 0 amide bonds. The summed E-state index contributed by atoms with van der Waals surface area (Å²) in [5.41, 5.74) is 0.742. The third kappa shape index (κ3) is 2.53. The van der Waals surface area contributed by atoms with Crippen LogP contribution in [0.25, 0.3) is 4.85 Å². The van der Waals surface area contributed by atoms with Crippen molar-refractivity contribution in [1.29, 1.82) is 0 Å². The Bertz CT molecular complexity index is 361. The van der Waals surface area contributed by atoms with Gasteiger partial charge in [-0.3, -0.25) is 0 Å². The normalized spacial score (nSPS) is 10.5. The Kier molecular flexibility index (Phi) is 3.05. The van der Waals surface area contributed by atoms with Crippen LogP contribution in [-0.2, 0) is 5.41 Å². The van der Waals surface area contributed by atoms with Gasteiger partial charge in [-0.15, -0.1) is 0 Å². The SMILES string of the molecule is C[N+]#CC(C)(C)c1cccc(Br)n1. The molecule has 68 valence electrons. The van der Waals surface area contributed by atoms with Crippen LogP contribution in [-0.4, -0.2) is 12.0 Å². The van der Waals surface area contributed by atoms with Crippen molar-refractivity contribution in [2.24, 2.45) is 0 Å². The molecule has 3 heteroatoms. The van der Waals surface area contributed by atoms with Gasteiger partial charge in [0.2, 0.25) is 0 Å². The summed E-state index contributed by atoms with van der Waals surface area (Å²) < 4.78 is 0.843. The van der Waals surface area contributed by atoms with Gasteiger partial charge in [0.25, 0.3) is 13.1 Å². The fourth-order valence-corrected chi connectivity index (χ4v) is 1.44. The first-order valence-electron chi connectivity index (χ1n) is 4.05. The zero-order valence-electron chi connectivity index (χ0n) is 8.00. The summed E-state index contributed by atoms with van der Waals surface area (Å²) in [5, 5.41) is 0. The number of hydrogen-bond acceptors (Lipinski definition) is 1. The van der Waals surface area contributed by atoms with Gasteiger partial charge in [-0.1, -0.05) is 10.9 Å². The minimum absolute atomic E-state index is 0.224. The maximum Gasteiger partial charge on any atom is 0.285 e. The standard InChI is InChI=1S/C10H12BrN2/c1-10(2,7-12-3)8-5-4-6-9(11)13-8/h4-6H,1-3H3/q+1. The van der Waals surface area contributed by atoms with Crippen molar-refractivity contribution in [2.75, 3.05) is 7.05 Å². The van der Waals surface area contributed by atoms with Gasteiger partial charge in [0.1, 0.15) is 10.0 Å². The lowest BCUT2D eigenvalue weighted by molar-refractivity contribution is 0.666. The first-order chi connectivity index (χ1) is 6.06. The summed E-state index contributed by atoms with van der Waals surface area (Å²) in [5.74, 6) is 0. The van der Waals surface area contributed by atoms with E-state index in [0.29, 0.717) is 0 Å². The van der Waals surface area contributed by atoms with E-state index in [-0.39, 0.29) is 5.41 Å². The van der Waals surface area contributed by atoms with Gasteiger partial charge in [0, 0.05) is 0 Å². The fourth-order valence-electron chi connectivity index (χ4n) is 1.09. The van der Waals surface area contributed by atoms with Crippen LogP contribution in [0.1, 0.15) is 19.5 Å². The molecule has 1 aromatic heterocycles. The minimum Gasteiger partial charge on any atom is -0.244 e. The Morgan fingerprint density at radius 2 is 2.15 bits per heavy atom. The van der Waals surface area contributed by atoms with E-state index in [1.165, 1.54) is 0 Å². The molecule has 13 heavy (non-hydrogen) atoms. The zero-order valence-corrected chi connectivity index (χ0v) is 9.59. The van der Waals surface area contributed by atoms with Crippen molar-refractivity contribution < 1.29 is 0 Å². The summed E-state index contributed by atoms with van der Waals surface area (Å²) >= 11 is 3.34. The quantitative estimate of drug-likeness (QED) is 0.689. The Morgan fingerprint density at radius 3 is 2.69 bits per heavy atom. The van der Waals surface area contributed by atoms with Gasteiger partial charge in [-0.25, -0.2) is 4.98 Å². The van der Waals surface area contributed by atoms with Crippen LogP contribution in [0.5, 0.6) is 0 Å². The molecule has 0 aromatic carbocycles. The van der Waals surface area contributed by atoms with Crippen LogP contribution in [0.2, 0.25) is 0 Å². The second-order valence-corrected chi connectivity index (χ2v) is 4.12. The molecule has 0 N–H and O–H groups in total. The Hall–Kier alpha value is -0.880. The monoisotopic (exact) mass is 239 g/mol. The van der Waals surface area contributed by atoms with Gasteiger partial charge in [0.05, 0.1) is 5.69 Å². The van der Waals surface area contributed by atoms with Crippen molar-refractivity contribution >= 4 is 15.9 Å². The van der Waals surface area contributed by atoms with Gasteiger partial charge in [0.15, 0.2) is 0 Å². The number of halogens is 1. The molecule has 0 bridgehead atoms. The number of hydrogen-bond donors (Lipinski definition) is 0.